The van der Waals surface area contributed by atoms with Crippen LogP contribution >= 0.6 is 11.6 Å². The highest BCUT2D eigenvalue weighted by Crippen LogP contribution is 2.22. The standard InChI is InChI=1S/C18H21ClN2O/c1-18(2,3)14-9-7-13(8-10-14)12-20-17(22)21-16-6-4-5-15(19)11-16/h4-11H,12H2,1-3H3,(H2,20,21,22). The number of urea groups is 1. The first-order valence-electron chi connectivity index (χ1n) is 7.24. The third kappa shape index (κ3) is 4.78. The minimum absolute atomic E-state index is 0.135. The van der Waals surface area contributed by atoms with Crippen LogP contribution in [0.4, 0.5) is 10.5 Å². The first-order chi connectivity index (χ1) is 10.3. The highest BCUT2D eigenvalue weighted by atomic mass is 35.5. The van der Waals surface area contributed by atoms with Crippen LogP contribution in [0.2, 0.25) is 5.02 Å². The molecule has 0 aliphatic heterocycles. The van der Waals surface area contributed by atoms with Crippen molar-refractivity contribution in [1.82, 2.24) is 5.32 Å². The van der Waals surface area contributed by atoms with E-state index in [-0.39, 0.29) is 11.4 Å². The van der Waals surface area contributed by atoms with Crippen LogP contribution in [-0.4, -0.2) is 6.03 Å². The highest BCUT2D eigenvalue weighted by Gasteiger charge is 2.12. The lowest BCUT2D eigenvalue weighted by Crippen LogP contribution is -2.28. The first-order valence-corrected chi connectivity index (χ1v) is 7.62. The molecule has 2 N–H and O–H groups in total. The Hall–Kier alpha value is -2.00. The Morgan fingerprint density at radius 1 is 1.09 bits per heavy atom. The predicted octanol–water partition coefficient (Wildman–Crippen LogP) is 4.96. The maximum atomic E-state index is 11.9. The number of hydrogen-bond acceptors (Lipinski definition) is 1. The van der Waals surface area contributed by atoms with E-state index in [1.165, 1.54) is 5.56 Å². The molecule has 0 heterocycles. The molecule has 0 aromatic heterocycles. The van der Waals surface area contributed by atoms with Crippen LogP contribution in [0.25, 0.3) is 0 Å². The lowest BCUT2D eigenvalue weighted by molar-refractivity contribution is 0.251. The van der Waals surface area contributed by atoms with E-state index in [1.54, 1.807) is 24.3 Å². The lowest BCUT2D eigenvalue weighted by Gasteiger charge is -2.19. The quantitative estimate of drug-likeness (QED) is 0.825. The van der Waals surface area contributed by atoms with Gasteiger partial charge >= 0.3 is 6.03 Å². The van der Waals surface area contributed by atoms with Gasteiger partial charge in [0, 0.05) is 17.3 Å². The Kier molecular flexibility index (Phi) is 5.09. The fraction of sp³-hybridized carbons (Fsp3) is 0.278. The molecule has 3 nitrogen and oxygen atoms in total. The van der Waals surface area contributed by atoms with Crippen LogP contribution < -0.4 is 10.6 Å². The number of carbonyl (C=O) groups excluding carboxylic acids is 1. The van der Waals surface area contributed by atoms with Crippen molar-refractivity contribution in [2.24, 2.45) is 0 Å². The maximum Gasteiger partial charge on any atom is 0.319 e. The third-order valence-corrected chi connectivity index (χ3v) is 3.59. The van der Waals surface area contributed by atoms with Crippen molar-refractivity contribution in [1.29, 1.82) is 0 Å². The van der Waals surface area contributed by atoms with Gasteiger partial charge < -0.3 is 10.6 Å². The maximum absolute atomic E-state index is 11.9. The molecular formula is C18H21ClN2O. The topological polar surface area (TPSA) is 41.1 Å². The summed E-state index contributed by atoms with van der Waals surface area (Å²) in [5, 5.41) is 6.18. The van der Waals surface area contributed by atoms with Crippen molar-refractivity contribution in [3.05, 3.63) is 64.7 Å². The Balaban J connectivity index is 1.88. The molecule has 0 saturated heterocycles. The summed E-state index contributed by atoms with van der Waals surface area (Å²) >= 11 is 5.88. The lowest BCUT2D eigenvalue weighted by atomic mass is 9.87. The number of nitrogens with one attached hydrogen (secondary N) is 2. The van der Waals surface area contributed by atoms with Crippen LogP contribution in [0.1, 0.15) is 31.9 Å². The van der Waals surface area contributed by atoms with Crippen molar-refractivity contribution in [3.8, 4) is 0 Å². The summed E-state index contributed by atoms with van der Waals surface area (Å²) < 4.78 is 0. The molecule has 0 saturated carbocycles. The molecule has 0 fully saturated rings. The van der Waals surface area contributed by atoms with Crippen LogP contribution in [0, 0.1) is 0 Å². The zero-order valence-corrected chi connectivity index (χ0v) is 13.9. The van der Waals surface area contributed by atoms with Crippen molar-refractivity contribution in [2.75, 3.05) is 5.32 Å². The molecule has 0 radical (unpaired) electrons. The van der Waals surface area contributed by atoms with E-state index in [9.17, 15) is 4.79 Å². The molecule has 0 atom stereocenters. The van der Waals surface area contributed by atoms with Gasteiger partial charge in [0.05, 0.1) is 0 Å². The zero-order valence-electron chi connectivity index (χ0n) is 13.1. The van der Waals surface area contributed by atoms with E-state index in [2.05, 4.69) is 43.5 Å². The summed E-state index contributed by atoms with van der Waals surface area (Å²) in [5.74, 6) is 0. The Morgan fingerprint density at radius 2 is 1.77 bits per heavy atom. The van der Waals surface area contributed by atoms with Crippen molar-refractivity contribution in [2.45, 2.75) is 32.7 Å². The second-order valence-electron chi connectivity index (χ2n) is 6.26. The highest BCUT2D eigenvalue weighted by molar-refractivity contribution is 6.30. The molecule has 2 rings (SSSR count). The van der Waals surface area contributed by atoms with E-state index >= 15 is 0 Å². The fourth-order valence-electron chi connectivity index (χ4n) is 2.05. The molecule has 0 aliphatic rings. The first kappa shape index (κ1) is 16.4. The van der Waals surface area contributed by atoms with E-state index in [1.807, 2.05) is 12.1 Å². The van der Waals surface area contributed by atoms with E-state index in [0.717, 1.165) is 5.56 Å². The molecule has 116 valence electrons. The Labute approximate surface area is 136 Å². The van der Waals surface area contributed by atoms with Gasteiger partial charge in [-0.15, -0.1) is 0 Å². The summed E-state index contributed by atoms with van der Waals surface area (Å²) in [7, 11) is 0. The van der Waals surface area contributed by atoms with Gasteiger partial charge in [0.15, 0.2) is 0 Å². The van der Waals surface area contributed by atoms with Crippen molar-refractivity contribution < 1.29 is 4.79 Å². The second kappa shape index (κ2) is 6.84. The SMILES string of the molecule is CC(C)(C)c1ccc(CNC(=O)Nc2cccc(Cl)c2)cc1. The fourth-order valence-corrected chi connectivity index (χ4v) is 2.24. The average molecular weight is 317 g/mol. The monoisotopic (exact) mass is 316 g/mol. The smallest absolute Gasteiger partial charge is 0.319 e. The Morgan fingerprint density at radius 3 is 2.36 bits per heavy atom. The number of benzene rings is 2. The van der Waals surface area contributed by atoms with Crippen molar-refractivity contribution in [3.63, 3.8) is 0 Å². The number of hydrogen-bond donors (Lipinski definition) is 2. The summed E-state index contributed by atoms with van der Waals surface area (Å²) in [6, 6.07) is 15.1. The zero-order chi connectivity index (χ0) is 16.2. The number of carbonyl (C=O) groups is 1. The largest absolute Gasteiger partial charge is 0.334 e. The van der Waals surface area contributed by atoms with Crippen LogP contribution in [-0.2, 0) is 12.0 Å². The molecule has 0 aliphatic carbocycles. The van der Waals surface area contributed by atoms with Gasteiger partial charge in [-0.3, -0.25) is 0 Å². The number of anilines is 1. The molecule has 0 unspecified atom stereocenters. The molecule has 2 aromatic rings. The van der Waals surface area contributed by atoms with E-state index in [0.29, 0.717) is 17.3 Å². The summed E-state index contributed by atoms with van der Waals surface area (Å²) in [6.45, 7) is 7.02. The second-order valence-corrected chi connectivity index (χ2v) is 6.70. The minimum atomic E-state index is -0.248. The molecule has 0 spiro atoms. The molecule has 4 heteroatoms. The van der Waals surface area contributed by atoms with Crippen LogP contribution in [0.5, 0.6) is 0 Å². The molecule has 2 aromatic carbocycles. The van der Waals surface area contributed by atoms with Gasteiger partial charge in [-0.1, -0.05) is 62.7 Å². The molecule has 2 amide bonds. The molecule has 0 bridgehead atoms. The van der Waals surface area contributed by atoms with E-state index in [4.69, 9.17) is 11.6 Å². The number of halogens is 1. The minimum Gasteiger partial charge on any atom is -0.334 e. The predicted molar refractivity (Wildman–Crippen MR) is 92.5 cm³/mol. The summed E-state index contributed by atoms with van der Waals surface area (Å²) in [4.78, 5) is 11.9. The number of amides is 2. The van der Waals surface area contributed by atoms with Gasteiger partial charge in [0.2, 0.25) is 0 Å². The summed E-state index contributed by atoms with van der Waals surface area (Å²) in [5.41, 5.74) is 3.15. The Bertz CT molecular complexity index is 645. The van der Waals surface area contributed by atoms with E-state index < -0.39 is 0 Å². The van der Waals surface area contributed by atoms with Crippen LogP contribution in [0.3, 0.4) is 0 Å². The number of rotatable bonds is 3. The van der Waals surface area contributed by atoms with Gasteiger partial charge in [0.25, 0.3) is 0 Å². The average Bonchev–Trinajstić information content (AvgIpc) is 2.45. The molecule has 22 heavy (non-hydrogen) atoms. The van der Waals surface area contributed by atoms with Crippen LogP contribution in [0.15, 0.2) is 48.5 Å². The third-order valence-electron chi connectivity index (χ3n) is 3.36. The van der Waals surface area contributed by atoms with Gasteiger partial charge in [0.1, 0.15) is 0 Å². The van der Waals surface area contributed by atoms with Gasteiger partial charge in [-0.2, -0.15) is 0 Å². The van der Waals surface area contributed by atoms with Crippen molar-refractivity contribution >= 4 is 23.3 Å². The van der Waals surface area contributed by atoms with Gasteiger partial charge in [-0.25, -0.2) is 4.79 Å². The normalized spacial score (nSPS) is 11.1. The molecular weight excluding hydrogens is 296 g/mol. The van der Waals surface area contributed by atoms with Gasteiger partial charge in [-0.05, 0) is 34.7 Å². The summed E-state index contributed by atoms with van der Waals surface area (Å²) in [6.07, 6.45) is 0.